The first kappa shape index (κ1) is 47.8. The fraction of sp³-hybridized carbons (Fsp3) is 0.902. The molecule has 3 saturated carbocycles. The van der Waals surface area contributed by atoms with E-state index in [1.54, 1.807) is 0 Å². The number of unbranched alkanes of at least 4 members (excludes halogenated alkanes) is 12. The highest BCUT2D eigenvalue weighted by atomic mass is 16.7. The van der Waals surface area contributed by atoms with Crippen molar-refractivity contribution in [3.8, 4) is 0 Å². The van der Waals surface area contributed by atoms with Crippen LogP contribution in [0.25, 0.3) is 0 Å². The highest BCUT2D eigenvalue weighted by Gasteiger charge is 2.59. The summed E-state index contributed by atoms with van der Waals surface area (Å²) in [5, 5.41) is 32.5. The van der Waals surface area contributed by atoms with Crippen LogP contribution in [0, 0.1) is 46.3 Å². The number of hydrogen-bond donors (Lipinski definition) is 3. The molecule has 4 fully saturated rings. The predicted molar refractivity (Wildman–Crippen MR) is 235 cm³/mol. The van der Waals surface area contributed by atoms with Gasteiger partial charge in [0.25, 0.3) is 0 Å². The van der Waals surface area contributed by atoms with Crippen LogP contribution in [0.5, 0.6) is 0 Å². The summed E-state index contributed by atoms with van der Waals surface area (Å²) in [6.07, 6.45) is 25.7. The summed E-state index contributed by atoms with van der Waals surface area (Å²) in [4.78, 5) is 12.6. The van der Waals surface area contributed by atoms with Crippen LogP contribution in [0.2, 0.25) is 0 Å². The summed E-state index contributed by atoms with van der Waals surface area (Å²) in [5.41, 5.74) is 3.44. The smallest absolute Gasteiger partial charge is 0.305 e. The van der Waals surface area contributed by atoms with Crippen molar-refractivity contribution in [2.45, 2.75) is 239 Å². The quantitative estimate of drug-likeness (QED) is 0.0506. The molecule has 14 atom stereocenters. The van der Waals surface area contributed by atoms with Gasteiger partial charge in [-0.25, -0.2) is 0 Å². The van der Waals surface area contributed by atoms with Gasteiger partial charge in [-0.15, -0.1) is 0 Å². The Morgan fingerprint density at radius 3 is 2.14 bits per heavy atom. The number of hydrogen-bond acceptors (Lipinski definition) is 7. The average Bonchev–Trinajstić information content (AvgIpc) is 3.56. The fourth-order valence-corrected chi connectivity index (χ4v) is 13.1. The van der Waals surface area contributed by atoms with E-state index in [1.807, 2.05) is 0 Å². The van der Waals surface area contributed by atoms with Crippen LogP contribution in [0.3, 0.4) is 0 Å². The monoisotopic (exact) mass is 813 g/mol. The minimum Gasteiger partial charge on any atom is -0.463 e. The normalized spacial score (nSPS) is 36.9. The maximum atomic E-state index is 12.6. The lowest BCUT2D eigenvalue weighted by molar-refractivity contribution is -0.313. The molecule has 0 bridgehead atoms. The number of carbonyl (C=O) groups excluding carboxylic acids is 1. The van der Waals surface area contributed by atoms with E-state index in [9.17, 15) is 20.1 Å². The largest absolute Gasteiger partial charge is 0.463 e. The van der Waals surface area contributed by atoms with Gasteiger partial charge >= 0.3 is 5.97 Å². The first-order valence-electron chi connectivity index (χ1n) is 24.7. The molecular formula is C51H88O7. The van der Waals surface area contributed by atoms with Crippen molar-refractivity contribution < 1.29 is 34.3 Å². The number of aliphatic hydroxyl groups is 3. The van der Waals surface area contributed by atoms with Crippen LogP contribution in [0.15, 0.2) is 23.8 Å². The first-order chi connectivity index (χ1) is 27.8. The zero-order valence-corrected chi connectivity index (χ0v) is 38.1. The summed E-state index contributed by atoms with van der Waals surface area (Å²) in [6.45, 7) is 18.6. The van der Waals surface area contributed by atoms with E-state index in [4.69, 9.17) is 14.2 Å². The average molecular weight is 813 g/mol. The Hall–Kier alpha value is -1.25. The lowest BCUT2D eigenvalue weighted by atomic mass is 9.47. The minimum atomic E-state index is -1.44. The van der Waals surface area contributed by atoms with E-state index in [0.717, 1.165) is 68.6 Å². The fourth-order valence-electron chi connectivity index (χ4n) is 13.1. The van der Waals surface area contributed by atoms with Crippen molar-refractivity contribution in [1.29, 1.82) is 0 Å². The number of allylic oxidation sites excluding steroid dienone is 2. The molecule has 0 radical (unpaired) electrons. The van der Waals surface area contributed by atoms with Crippen molar-refractivity contribution in [2.75, 3.05) is 6.61 Å². The SMILES string of the molecule is C=C(C)[C@H](CC)CC[C@@H](C)[C@H]1CC[C@H]2[C@@H]3CC=C4C[C@H](O[C@@H]5O[C@H](COC(=O)CCCCCCCCCCCCCCC)[C@@H](O)[C@H](O)[C@H]5O)CC[C@]4(C)[C@H]3CC[C@]12C. The molecule has 1 saturated heterocycles. The van der Waals surface area contributed by atoms with Crippen molar-refractivity contribution in [3.05, 3.63) is 23.8 Å². The topological polar surface area (TPSA) is 105 Å². The van der Waals surface area contributed by atoms with E-state index < -0.39 is 30.7 Å². The maximum Gasteiger partial charge on any atom is 0.305 e. The second-order valence-corrected chi connectivity index (χ2v) is 20.7. The van der Waals surface area contributed by atoms with Gasteiger partial charge in [-0.2, -0.15) is 0 Å². The summed E-state index contributed by atoms with van der Waals surface area (Å²) < 4.78 is 18.0. The lowest BCUT2D eigenvalue weighted by Gasteiger charge is -2.58. The molecule has 1 heterocycles. The molecular weight excluding hydrogens is 725 g/mol. The van der Waals surface area contributed by atoms with E-state index in [0.29, 0.717) is 23.7 Å². The molecule has 58 heavy (non-hydrogen) atoms. The summed E-state index contributed by atoms with van der Waals surface area (Å²) >= 11 is 0. The molecule has 0 aromatic carbocycles. The van der Waals surface area contributed by atoms with Crippen molar-refractivity contribution >= 4 is 5.97 Å². The van der Waals surface area contributed by atoms with Crippen LogP contribution < -0.4 is 0 Å². The third-order valence-electron chi connectivity index (χ3n) is 16.9. The van der Waals surface area contributed by atoms with Gasteiger partial charge in [0.1, 0.15) is 31.0 Å². The molecule has 5 aliphatic rings. The number of rotatable bonds is 24. The van der Waals surface area contributed by atoms with Crippen LogP contribution in [-0.2, 0) is 19.0 Å². The third-order valence-corrected chi connectivity index (χ3v) is 16.9. The molecule has 4 aliphatic carbocycles. The third kappa shape index (κ3) is 11.8. The maximum absolute atomic E-state index is 12.6. The molecule has 3 N–H and O–H groups in total. The van der Waals surface area contributed by atoms with Gasteiger partial charge in [0.15, 0.2) is 6.29 Å². The zero-order valence-electron chi connectivity index (χ0n) is 38.1. The molecule has 7 heteroatoms. The van der Waals surface area contributed by atoms with Crippen LogP contribution in [0.4, 0.5) is 0 Å². The van der Waals surface area contributed by atoms with E-state index in [2.05, 4.69) is 54.2 Å². The highest BCUT2D eigenvalue weighted by molar-refractivity contribution is 5.69. The van der Waals surface area contributed by atoms with Gasteiger partial charge in [-0.3, -0.25) is 4.79 Å². The summed E-state index contributed by atoms with van der Waals surface area (Å²) in [6, 6.07) is 0. The van der Waals surface area contributed by atoms with Crippen LogP contribution in [-0.4, -0.2) is 64.7 Å². The zero-order chi connectivity index (χ0) is 41.9. The Kier molecular flexibility index (Phi) is 18.7. The summed E-state index contributed by atoms with van der Waals surface area (Å²) in [7, 11) is 0. The van der Waals surface area contributed by atoms with Gasteiger partial charge in [-0.05, 0) is 130 Å². The number of esters is 1. The number of carbonyl (C=O) groups is 1. The van der Waals surface area contributed by atoms with Gasteiger partial charge < -0.3 is 29.5 Å². The predicted octanol–water partition coefficient (Wildman–Crippen LogP) is 11.8. The van der Waals surface area contributed by atoms with Crippen molar-refractivity contribution in [2.24, 2.45) is 46.3 Å². The molecule has 0 aromatic rings. The Morgan fingerprint density at radius 1 is 0.845 bits per heavy atom. The second kappa shape index (κ2) is 22.7. The van der Waals surface area contributed by atoms with E-state index in [1.165, 1.54) is 120 Å². The van der Waals surface area contributed by atoms with Gasteiger partial charge in [0.2, 0.25) is 0 Å². The Balaban J connectivity index is 1.04. The first-order valence-corrected chi connectivity index (χ1v) is 24.7. The molecule has 0 unspecified atom stereocenters. The molecule has 0 aromatic heterocycles. The van der Waals surface area contributed by atoms with E-state index >= 15 is 0 Å². The van der Waals surface area contributed by atoms with Crippen molar-refractivity contribution in [3.63, 3.8) is 0 Å². The number of aliphatic hydroxyl groups excluding tert-OH is 3. The minimum absolute atomic E-state index is 0.145. The van der Waals surface area contributed by atoms with Gasteiger partial charge in [0.05, 0.1) is 6.10 Å². The Labute approximate surface area is 354 Å². The Morgan fingerprint density at radius 2 is 1.50 bits per heavy atom. The second-order valence-electron chi connectivity index (χ2n) is 20.7. The van der Waals surface area contributed by atoms with Gasteiger partial charge in [-0.1, -0.05) is 135 Å². The Bertz CT molecular complexity index is 1300. The number of fused-ring (bicyclic) bond motifs is 5. The van der Waals surface area contributed by atoms with Crippen molar-refractivity contribution in [1.82, 2.24) is 0 Å². The molecule has 0 amide bonds. The van der Waals surface area contributed by atoms with Crippen LogP contribution in [0.1, 0.15) is 202 Å². The highest BCUT2D eigenvalue weighted by Crippen LogP contribution is 2.67. The lowest BCUT2D eigenvalue weighted by Crippen LogP contribution is -2.60. The molecule has 0 spiro atoms. The molecule has 1 aliphatic heterocycles. The molecule has 334 valence electrons. The number of ether oxygens (including phenoxy) is 3. The van der Waals surface area contributed by atoms with Crippen LogP contribution >= 0.6 is 0 Å². The molecule has 7 nitrogen and oxygen atoms in total. The van der Waals surface area contributed by atoms with Gasteiger partial charge in [0, 0.05) is 6.42 Å². The summed E-state index contributed by atoms with van der Waals surface area (Å²) in [5.74, 6) is 4.15. The standard InChI is InChI=1S/C51H88O7/c1-8-10-11-12-13-14-15-16-17-18-19-20-21-22-45(52)56-34-44-46(53)47(54)48(55)49(58-44)57-39-29-31-50(6)38(33-39)25-26-40-42-28-27-41(51(42,7)32-30-43(40)50)36(5)23-24-37(9-2)35(3)4/h25,36-37,39-44,46-49,53-55H,3,8-24,26-34H2,1-2,4-7H3/t36-,37-,39-,40+,41-,42+,43+,44-,46-,47+,48-,49-,50+,51-/m1/s1. The van der Waals surface area contributed by atoms with E-state index in [-0.39, 0.29) is 24.1 Å². The molecule has 5 rings (SSSR count).